The molecule has 2 aromatic carbocycles. The fourth-order valence-electron chi connectivity index (χ4n) is 7.57. The number of hydrogen-bond acceptors (Lipinski definition) is 9. The molecule has 3 aromatic rings. The van der Waals surface area contributed by atoms with Crippen molar-refractivity contribution in [2.24, 2.45) is 0 Å². The van der Waals surface area contributed by atoms with Gasteiger partial charge in [-0.05, 0) is 94.5 Å². The molecule has 2 unspecified atom stereocenters. The zero-order valence-electron chi connectivity index (χ0n) is 25.8. The van der Waals surface area contributed by atoms with Gasteiger partial charge >= 0.3 is 17.9 Å². The normalized spacial score (nSPS) is 25.6. The minimum absolute atomic E-state index is 0.0684. The molecule has 0 radical (unpaired) electrons. The van der Waals surface area contributed by atoms with Crippen molar-refractivity contribution in [2.45, 2.75) is 68.9 Å². The molecule has 0 amide bonds. The van der Waals surface area contributed by atoms with Gasteiger partial charge in [0, 0.05) is 12.1 Å². The van der Waals surface area contributed by atoms with Crippen LogP contribution in [0.15, 0.2) is 48.5 Å². The molecule has 4 aliphatic rings. The van der Waals surface area contributed by atoms with Crippen LogP contribution >= 0.6 is 0 Å². The lowest BCUT2D eigenvalue weighted by Gasteiger charge is -2.43. The number of ether oxygens (including phenoxy) is 2. The first-order valence-electron chi connectivity index (χ1n) is 15.9. The number of aromatic nitrogens is 1. The number of carbonyl (C=O) groups is 3. The Morgan fingerprint density at radius 2 is 1.69 bits per heavy atom. The van der Waals surface area contributed by atoms with E-state index in [1.807, 2.05) is 6.07 Å². The van der Waals surface area contributed by atoms with E-state index in [4.69, 9.17) is 14.3 Å². The largest absolute Gasteiger partial charge is 0.422 e. The van der Waals surface area contributed by atoms with Gasteiger partial charge in [-0.25, -0.2) is 9.59 Å². The summed E-state index contributed by atoms with van der Waals surface area (Å²) in [5, 5.41) is 11.8. The molecule has 1 N–H and O–H groups in total. The van der Waals surface area contributed by atoms with Crippen LogP contribution in [0.1, 0.15) is 68.2 Å². The van der Waals surface area contributed by atoms with Crippen LogP contribution in [0.25, 0.3) is 16.5 Å². The molecule has 10 nitrogen and oxygen atoms in total. The molecular weight excluding hydrogens is 574 g/mol. The molecule has 7 rings (SSSR count). The molecule has 2 atom stereocenters. The molecule has 1 aliphatic carbocycles. The number of benzene rings is 2. The molecule has 3 aliphatic heterocycles. The average Bonchev–Trinajstić information content (AvgIpc) is 3.33. The van der Waals surface area contributed by atoms with Crippen molar-refractivity contribution in [2.75, 3.05) is 33.7 Å². The van der Waals surface area contributed by atoms with Crippen molar-refractivity contribution in [1.82, 2.24) is 14.5 Å². The van der Waals surface area contributed by atoms with E-state index in [0.717, 1.165) is 62.1 Å². The van der Waals surface area contributed by atoms with Gasteiger partial charge in [-0.1, -0.05) is 42.8 Å². The second kappa shape index (κ2) is 11.4. The number of likely N-dealkylation sites (tertiary alicyclic amines) is 1. The molecule has 1 fully saturated rings. The first-order valence-corrected chi connectivity index (χ1v) is 15.9. The number of allylic oxidation sites excluding steroid dienone is 1. The predicted molar refractivity (Wildman–Crippen MR) is 167 cm³/mol. The summed E-state index contributed by atoms with van der Waals surface area (Å²) in [6.45, 7) is 2.78. The Labute approximate surface area is 262 Å². The third-order valence-electron chi connectivity index (χ3n) is 10.1. The number of nitrogens with zero attached hydrogens (tertiary/aromatic N) is 3. The summed E-state index contributed by atoms with van der Waals surface area (Å²) in [5.74, 6) is -2.57. The van der Waals surface area contributed by atoms with Crippen LogP contribution in [0.4, 0.5) is 0 Å². The smallest absolute Gasteiger partial charge is 0.344 e. The van der Waals surface area contributed by atoms with Crippen molar-refractivity contribution in [3.05, 3.63) is 65.4 Å². The van der Waals surface area contributed by atoms with Crippen LogP contribution in [0.3, 0.4) is 0 Å². The van der Waals surface area contributed by atoms with Crippen LogP contribution in [0, 0.1) is 0 Å². The zero-order valence-corrected chi connectivity index (χ0v) is 25.8. The van der Waals surface area contributed by atoms with E-state index in [9.17, 15) is 19.5 Å². The summed E-state index contributed by atoms with van der Waals surface area (Å²) >= 11 is 0. The third kappa shape index (κ3) is 5.14. The topological polar surface area (TPSA) is 111 Å². The highest BCUT2D eigenvalue weighted by Gasteiger charge is 2.47. The van der Waals surface area contributed by atoms with Crippen LogP contribution in [0.2, 0.25) is 0 Å². The van der Waals surface area contributed by atoms with E-state index in [-0.39, 0.29) is 17.0 Å². The van der Waals surface area contributed by atoms with Crippen LogP contribution in [-0.4, -0.2) is 76.9 Å². The summed E-state index contributed by atoms with van der Waals surface area (Å²) < 4.78 is 13.1. The highest BCUT2D eigenvalue weighted by atomic mass is 16.7. The average molecular weight is 614 g/mol. The Hall–Kier alpha value is -3.99. The number of fused-ring (bicyclic) bond motifs is 2. The number of hydrogen-bond donors (Lipinski definition) is 1. The van der Waals surface area contributed by atoms with E-state index >= 15 is 0 Å². The van der Waals surface area contributed by atoms with Crippen LogP contribution in [-0.2, 0) is 26.3 Å². The number of esters is 2. The Morgan fingerprint density at radius 1 is 0.933 bits per heavy atom. The zero-order chi connectivity index (χ0) is 31.3. The van der Waals surface area contributed by atoms with Crippen molar-refractivity contribution < 1.29 is 33.8 Å². The lowest BCUT2D eigenvalue weighted by Crippen LogP contribution is -2.48. The summed E-state index contributed by atoms with van der Waals surface area (Å²) in [6, 6.07) is 13.8. The van der Waals surface area contributed by atoms with Gasteiger partial charge in [0.2, 0.25) is 0 Å². The summed E-state index contributed by atoms with van der Waals surface area (Å²) in [4.78, 5) is 50.4. The minimum Gasteiger partial charge on any atom is -0.422 e. The van der Waals surface area contributed by atoms with Crippen molar-refractivity contribution in [1.29, 1.82) is 0 Å². The lowest BCUT2D eigenvalue weighted by atomic mass is 9.75. The summed E-state index contributed by atoms with van der Waals surface area (Å²) in [7, 11) is 4.21. The molecular formula is C35H39N3O7. The quantitative estimate of drug-likeness (QED) is 0.326. The molecule has 0 saturated carbocycles. The molecule has 0 spiro atoms. The molecule has 1 saturated heterocycles. The minimum atomic E-state index is -2.41. The maximum absolute atomic E-state index is 13.4. The second-order valence-corrected chi connectivity index (χ2v) is 13.0. The predicted octanol–water partition coefficient (Wildman–Crippen LogP) is 4.00. The molecule has 4 heterocycles. The molecule has 10 heteroatoms. The Bertz CT molecular complexity index is 1700. The molecule has 236 valence electrons. The Morgan fingerprint density at radius 3 is 2.40 bits per heavy atom. The molecule has 1 aromatic heterocycles. The van der Waals surface area contributed by atoms with Crippen LogP contribution < -0.4 is 14.3 Å². The highest BCUT2D eigenvalue weighted by Crippen LogP contribution is 2.48. The number of carbonyl (C=O) groups excluding carboxylic acids is 3. The van der Waals surface area contributed by atoms with E-state index in [2.05, 4.69) is 54.2 Å². The van der Waals surface area contributed by atoms with E-state index in [1.165, 1.54) is 12.0 Å². The van der Waals surface area contributed by atoms with Crippen molar-refractivity contribution >= 4 is 34.4 Å². The van der Waals surface area contributed by atoms with E-state index in [0.29, 0.717) is 23.7 Å². The summed E-state index contributed by atoms with van der Waals surface area (Å²) in [6.07, 6.45) is 7.14. The number of piperidine rings is 1. The van der Waals surface area contributed by atoms with Crippen molar-refractivity contribution in [3.8, 4) is 11.5 Å². The third-order valence-corrected chi connectivity index (χ3v) is 10.1. The maximum Gasteiger partial charge on any atom is 0.344 e. The van der Waals surface area contributed by atoms with Gasteiger partial charge in [-0.15, -0.1) is 0 Å². The standard InChI is InChI=1S/C35H39N3O7/c1-36(2)34(24-9-5-3-6-10-24)16-13-23(14-17-34)31-25(15-20-37-18-7-4-8-19-37)30-26-11-12-27-32(30)44-33(41)35(42,21-28(39)43-27)22-29(40)45-38(26)31/h3,5-6,9-13,42H,4,7-8,14-22H2,1-2H3. The van der Waals surface area contributed by atoms with Gasteiger partial charge in [-0.3, -0.25) is 9.69 Å². The van der Waals surface area contributed by atoms with Gasteiger partial charge in [0.25, 0.3) is 0 Å². The van der Waals surface area contributed by atoms with Gasteiger partial charge in [0.1, 0.15) is 0 Å². The van der Waals surface area contributed by atoms with Crippen LogP contribution in [0.5, 0.6) is 11.5 Å². The van der Waals surface area contributed by atoms with Gasteiger partial charge in [0.05, 0.1) is 29.4 Å². The van der Waals surface area contributed by atoms with Crippen molar-refractivity contribution in [3.63, 3.8) is 0 Å². The molecule has 5 bridgehead atoms. The Balaban J connectivity index is 1.42. The fourth-order valence-corrected chi connectivity index (χ4v) is 7.57. The van der Waals surface area contributed by atoms with E-state index in [1.54, 1.807) is 16.9 Å². The Kier molecular flexibility index (Phi) is 7.54. The lowest BCUT2D eigenvalue weighted by molar-refractivity contribution is -0.170. The fraction of sp³-hybridized carbons (Fsp3) is 0.457. The number of aliphatic hydroxyl groups is 1. The first-order chi connectivity index (χ1) is 21.7. The van der Waals surface area contributed by atoms with E-state index < -0.39 is 36.4 Å². The molecule has 45 heavy (non-hydrogen) atoms. The van der Waals surface area contributed by atoms with Gasteiger partial charge in [0.15, 0.2) is 17.1 Å². The first kappa shape index (κ1) is 29.7. The second-order valence-electron chi connectivity index (χ2n) is 13.0. The SMILES string of the molecule is CN(C)C1(c2ccccc2)CC=C(c2c(CCN3CCCCC3)c3c4c5ccc3n2OC(=O)CC(O)(CC(=O)O5)C(=O)O4)CC1. The van der Waals surface area contributed by atoms with Gasteiger partial charge in [-0.2, -0.15) is 4.73 Å². The maximum atomic E-state index is 13.4. The monoisotopic (exact) mass is 613 g/mol. The summed E-state index contributed by atoms with van der Waals surface area (Å²) in [5.41, 5.74) is 1.81. The van der Waals surface area contributed by atoms with Gasteiger partial charge < -0.3 is 24.3 Å². The number of rotatable bonds is 6. The highest BCUT2D eigenvalue weighted by molar-refractivity contribution is 6.02.